The van der Waals surface area contributed by atoms with Crippen molar-refractivity contribution in [3.63, 3.8) is 0 Å². The summed E-state index contributed by atoms with van der Waals surface area (Å²) in [5.41, 5.74) is 7.94. The molecule has 194 valence electrons. The van der Waals surface area contributed by atoms with Gasteiger partial charge in [-0.1, -0.05) is 77.0 Å². The predicted molar refractivity (Wildman–Crippen MR) is 162 cm³/mol. The molecule has 0 aromatic heterocycles. The summed E-state index contributed by atoms with van der Waals surface area (Å²) in [5.74, 6) is -0.341. The van der Waals surface area contributed by atoms with Crippen molar-refractivity contribution in [1.82, 2.24) is 5.32 Å². The maximum atomic E-state index is 12.4. The van der Waals surface area contributed by atoms with Crippen LogP contribution >= 0.6 is 27.7 Å². The second kappa shape index (κ2) is 13.2. The smallest absolute Gasteiger partial charge is 0.273 e. The van der Waals surface area contributed by atoms with E-state index in [9.17, 15) is 4.79 Å². The second-order valence-corrected chi connectivity index (χ2v) is 13.6. The molecule has 0 fully saturated rings. The fourth-order valence-corrected chi connectivity index (χ4v) is 4.70. The molecule has 0 radical (unpaired) electrons. The summed E-state index contributed by atoms with van der Waals surface area (Å²) < 4.78 is -0.318. The third-order valence-electron chi connectivity index (χ3n) is 5.89. The topological polar surface area (TPSA) is 72.3 Å². The number of carbonyl (C=O) groups is 1. The number of oxime groups is 2. The number of nitrogens with one attached hydrogen (secondary N) is 1. The van der Waals surface area contributed by atoms with E-state index in [1.807, 2.05) is 38.1 Å². The molecule has 3 rings (SSSR count). The van der Waals surface area contributed by atoms with Gasteiger partial charge in [-0.15, -0.1) is 27.7 Å². The van der Waals surface area contributed by atoms with Gasteiger partial charge >= 0.3 is 0 Å². The number of aryl methyl sites for hydroxylation is 1. The lowest BCUT2D eigenvalue weighted by Crippen LogP contribution is -2.29. The van der Waals surface area contributed by atoms with E-state index in [-0.39, 0.29) is 22.9 Å². The zero-order chi connectivity index (χ0) is 27.0. The van der Waals surface area contributed by atoms with E-state index < -0.39 is 0 Å². The van der Waals surface area contributed by atoms with E-state index in [1.54, 1.807) is 7.05 Å². The minimum Gasteiger partial charge on any atom is -0.398 e. The van der Waals surface area contributed by atoms with Crippen molar-refractivity contribution in [2.45, 2.75) is 31.5 Å². The van der Waals surface area contributed by atoms with Crippen LogP contribution in [0.15, 0.2) is 77.0 Å². The monoisotopic (exact) mass is 553 g/mol. The van der Waals surface area contributed by atoms with Crippen molar-refractivity contribution in [1.29, 1.82) is 0 Å². The largest absolute Gasteiger partial charge is 0.398 e. The molecule has 0 saturated carbocycles. The molecular weight excluding hydrogens is 519 g/mol. The van der Waals surface area contributed by atoms with Crippen LogP contribution in [0.2, 0.25) is 0 Å². The van der Waals surface area contributed by atoms with Crippen molar-refractivity contribution in [3.05, 3.63) is 106 Å². The first-order valence-electron chi connectivity index (χ1n) is 11.8. The highest BCUT2D eigenvalue weighted by Crippen LogP contribution is 2.47. The summed E-state index contributed by atoms with van der Waals surface area (Å²) in [4.78, 5) is 23.2. The van der Waals surface area contributed by atoms with E-state index in [0.717, 1.165) is 34.4 Å². The molecule has 0 aliphatic rings. The Labute approximate surface area is 226 Å². The summed E-state index contributed by atoms with van der Waals surface area (Å²) in [7, 11) is 11.6. The zero-order valence-electron chi connectivity index (χ0n) is 21.6. The van der Waals surface area contributed by atoms with Gasteiger partial charge in [0, 0.05) is 28.4 Å². The summed E-state index contributed by atoms with van der Waals surface area (Å²) in [5, 5.41) is 11.0. The fraction of sp³-hybridized carbons (Fsp3) is 0.250. The fourth-order valence-electron chi connectivity index (χ4n) is 3.99. The molecule has 0 spiro atoms. The van der Waals surface area contributed by atoms with Gasteiger partial charge in [0.1, 0.15) is 13.7 Å². The van der Waals surface area contributed by atoms with Crippen LogP contribution in [0, 0.1) is 6.92 Å². The molecule has 1 N–H and O–H groups in total. The highest BCUT2D eigenvalue weighted by molar-refractivity contribution is 7.56. The summed E-state index contributed by atoms with van der Waals surface area (Å²) in [6.07, 6.45) is 0.851. The molecule has 3 unspecified atom stereocenters. The van der Waals surface area contributed by atoms with Crippen molar-refractivity contribution in [2.75, 3.05) is 14.2 Å². The van der Waals surface area contributed by atoms with Gasteiger partial charge in [0.2, 0.25) is 0 Å². The van der Waals surface area contributed by atoms with Crippen LogP contribution in [0.25, 0.3) is 0 Å². The first kappa shape index (κ1) is 28.9. The molecule has 0 bridgehead atoms. The van der Waals surface area contributed by atoms with Crippen molar-refractivity contribution < 1.29 is 14.5 Å². The number of rotatable bonds is 10. The van der Waals surface area contributed by atoms with E-state index in [2.05, 4.69) is 85.8 Å². The molecule has 6 nitrogen and oxygen atoms in total. The van der Waals surface area contributed by atoms with Crippen molar-refractivity contribution >= 4 is 45.0 Å². The molecule has 3 aromatic rings. The Bertz CT molecular complexity index is 1300. The maximum Gasteiger partial charge on any atom is 0.273 e. The summed E-state index contributed by atoms with van der Waals surface area (Å²) in [6, 6.07) is 22.5. The van der Waals surface area contributed by atoms with E-state index in [1.165, 1.54) is 18.2 Å². The second-order valence-electron chi connectivity index (χ2n) is 8.73. The van der Waals surface area contributed by atoms with E-state index in [0.29, 0.717) is 5.56 Å². The van der Waals surface area contributed by atoms with Crippen LogP contribution in [0.5, 0.6) is 0 Å². The third-order valence-corrected chi connectivity index (χ3v) is 6.82. The van der Waals surface area contributed by atoms with Gasteiger partial charge in [0.05, 0.1) is 5.71 Å². The van der Waals surface area contributed by atoms with Crippen LogP contribution in [0.1, 0.15) is 45.9 Å². The Balaban J connectivity index is 1.88. The van der Waals surface area contributed by atoms with Crippen LogP contribution < -0.4 is 5.32 Å². The lowest BCUT2D eigenvalue weighted by molar-refractivity contribution is -0.114. The zero-order valence-corrected chi connectivity index (χ0v) is 25.1. The average molecular weight is 554 g/mol. The molecule has 9 heteroatoms. The standard InChI is InChI=1S/C28H34N3O3P3/c1-18-9-8-12-23(26(31-33-4)27(32)29-3)24(18)17-34-30-19(2)22-14-13-21(16-25(22)28(35,36)37)15-20-10-6-5-7-11-20/h5-14,16H,15,17,35-37H2,1-4H3,(H,29,32)/b30-19+,31-26+. The minimum absolute atomic E-state index is 0.175. The van der Waals surface area contributed by atoms with Crippen molar-refractivity contribution in [2.24, 2.45) is 10.3 Å². The molecule has 0 aliphatic heterocycles. The quantitative estimate of drug-likeness (QED) is 0.209. The number of hydrogen-bond acceptors (Lipinski definition) is 5. The predicted octanol–water partition coefficient (Wildman–Crippen LogP) is 5.36. The maximum absolute atomic E-state index is 12.4. The number of benzene rings is 3. The molecule has 0 saturated heterocycles. The number of nitrogens with zero attached hydrogens (tertiary/aromatic N) is 2. The SMILES string of the molecule is CNC(=O)/C(=N/OC)c1cccc(C)c1CO/N=C(\C)c1ccc(Cc2ccccc2)cc1C(P)(P)P. The van der Waals surface area contributed by atoms with Crippen LogP contribution in [-0.4, -0.2) is 31.5 Å². The molecular formula is C28H34N3O3P3. The minimum atomic E-state index is -0.341. The first-order valence-corrected chi connectivity index (χ1v) is 13.5. The molecule has 0 aliphatic carbocycles. The molecule has 1 amide bonds. The van der Waals surface area contributed by atoms with Gasteiger partial charge in [-0.25, -0.2) is 0 Å². The number of likely N-dealkylation sites (N-methyl/N-ethyl adjacent to an activating group) is 1. The molecule has 3 atom stereocenters. The normalized spacial score (nSPS) is 12.3. The Morgan fingerprint density at radius 3 is 2.32 bits per heavy atom. The average Bonchev–Trinajstić information content (AvgIpc) is 2.88. The number of carbonyl (C=O) groups excluding carboxylic acids is 1. The van der Waals surface area contributed by atoms with Gasteiger partial charge in [-0.2, -0.15) is 0 Å². The lowest BCUT2D eigenvalue weighted by Gasteiger charge is -2.23. The third kappa shape index (κ3) is 7.68. The first-order chi connectivity index (χ1) is 17.7. The Kier molecular flexibility index (Phi) is 10.4. The Morgan fingerprint density at radius 2 is 1.68 bits per heavy atom. The number of hydrogen-bond donors (Lipinski definition) is 1. The van der Waals surface area contributed by atoms with Gasteiger partial charge in [0.15, 0.2) is 5.71 Å². The van der Waals surface area contributed by atoms with Gasteiger partial charge in [-0.3, -0.25) is 4.79 Å². The lowest BCUT2D eigenvalue weighted by atomic mass is 9.97. The molecule has 37 heavy (non-hydrogen) atoms. The van der Waals surface area contributed by atoms with Gasteiger partial charge in [0.25, 0.3) is 5.91 Å². The van der Waals surface area contributed by atoms with Gasteiger partial charge in [-0.05, 0) is 42.5 Å². The highest BCUT2D eigenvalue weighted by Gasteiger charge is 2.22. The van der Waals surface area contributed by atoms with Crippen LogP contribution in [-0.2, 0) is 32.1 Å². The highest BCUT2D eigenvalue weighted by atomic mass is 31.1. The molecule has 0 heterocycles. The summed E-state index contributed by atoms with van der Waals surface area (Å²) in [6.45, 7) is 4.07. The van der Waals surface area contributed by atoms with Gasteiger partial charge < -0.3 is 15.0 Å². The molecule has 3 aromatic carbocycles. The van der Waals surface area contributed by atoms with Crippen molar-refractivity contribution in [3.8, 4) is 0 Å². The summed E-state index contributed by atoms with van der Waals surface area (Å²) >= 11 is 0. The van der Waals surface area contributed by atoms with Crippen LogP contribution in [0.3, 0.4) is 0 Å². The van der Waals surface area contributed by atoms with E-state index >= 15 is 0 Å². The van der Waals surface area contributed by atoms with E-state index in [4.69, 9.17) is 9.68 Å². The Hall–Kier alpha value is -2.64. The number of amides is 1. The Morgan fingerprint density at radius 1 is 0.946 bits per heavy atom. The van der Waals surface area contributed by atoms with Crippen LogP contribution in [0.4, 0.5) is 0 Å².